The van der Waals surface area contributed by atoms with Gasteiger partial charge in [0.05, 0.1) is 12.5 Å². The van der Waals surface area contributed by atoms with Crippen molar-refractivity contribution >= 4 is 33.7 Å². The van der Waals surface area contributed by atoms with Crippen molar-refractivity contribution in [3.8, 4) is 0 Å². The lowest BCUT2D eigenvalue weighted by Gasteiger charge is -2.24. The molecule has 2 atom stereocenters. The molecule has 6 nitrogen and oxygen atoms in total. The minimum absolute atomic E-state index is 0.243. The van der Waals surface area contributed by atoms with Crippen molar-refractivity contribution < 1.29 is 19.5 Å². The van der Waals surface area contributed by atoms with E-state index in [4.69, 9.17) is 5.11 Å². The van der Waals surface area contributed by atoms with Gasteiger partial charge in [0.1, 0.15) is 6.04 Å². The summed E-state index contributed by atoms with van der Waals surface area (Å²) in [5.74, 6) is -1.69. The molecule has 7 heteroatoms. The number of amides is 2. The lowest BCUT2D eigenvalue weighted by Crippen LogP contribution is -2.49. The number of carbonyl (C=O) groups is 3. The number of hydrogen-bond acceptors (Lipinski definition) is 3. The highest BCUT2D eigenvalue weighted by Crippen LogP contribution is 2.20. The van der Waals surface area contributed by atoms with Gasteiger partial charge in [-0.3, -0.25) is 14.4 Å². The van der Waals surface area contributed by atoms with E-state index in [1.807, 2.05) is 0 Å². The minimum Gasteiger partial charge on any atom is -0.481 e. The molecule has 132 valence electrons. The molecule has 0 aliphatic heterocycles. The Morgan fingerprint density at radius 1 is 1.12 bits per heavy atom. The molecule has 0 radical (unpaired) electrons. The van der Waals surface area contributed by atoms with Gasteiger partial charge in [-0.2, -0.15) is 0 Å². The molecule has 0 saturated carbocycles. The fourth-order valence-corrected chi connectivity index (χ4v) is 2.16. The predicted molar refractivity (Wildman–Crippen MR) is 94.3 cm³/mol. The number of carbonyl (C=O) groups excluding carboxylic acids is 2. The lowest BCUT2D eigenvalue weighted by molar-refractivity contribution is -0.138. The first-order valence-corrected chi connectivity index (χ1v) is 8.38. The van der Waals surface area contributed by atoms with E-state index in [1.165, 1.54) is 0 Å². The van der Waals surface area contributed by atoms with Crippen LogP contribution in [0, 0.1) is 5.41 Å². The van der Waals surface area contributed by atoms with E-state index in [2.05, 4.69) is 26.6 Å². The van der Waals surface area contributed by atoms with Crippen LogP contribution in [0.4, 0.5) is 0 Å². The maximum absolute atomic E-state index is 12.3. The SMILES string of the molecule is CC(NC(=O)C(C)(C)C)C(=O)NC(CC(=O)O)c1ccc(Br)cc1. The van der Waals surface area contributed by atoms with Crippen molar-refractivity contribution in [1.29, 1.82) is 0 Å². The zero-order valence-corrected chi connectivity index (χ0v) is 15.8. The van der Waals surface area contributed by atoms with Crippen molar-refractivity contribution in [3.05, 3.63) is 34.3 Å². The number of carboxylic acid groups (broad SMARTS) is 1. The van der Waals surface area contributed by atoms with E-state index in [-0.39, 0.29) is 12.3 Å². The molecule has 0 fully saturated rings. The largest absolute Gasteiger partial charge is 0.481 e. The van der Waals surface area contributed by atoms with Gasteiger partial charge in [-0.05, 0) is 24.6 Å². The van der Waals surface area contributed by atoms with Crippen LogP contribution in [-0.2, 0) is 14.4 Å². The molecule has 2 unspecified atom stereocenters. The second-order valence-corrected chi connectivity index (χ2v) is 7.57. The first-order chi connectivity index (χ1) is 11.0. The van der Waals surface area contributed by atoms with Crippen molar-refractivity contribution in [2.45, 2.75) is 46.2 Å². The Balaban J connectivity index is 2.82. The summed E-state index contributed by atoms with van der Waals surface area (Å²) in [6.07, 6.45) is -0.243. The summed E-state index contributed by atoms with van der Waals surface area (Å²) >= 11 is 3.31. The number of hydrogen-bond donors (Lipinski definition) is 3. The predicted octanol–water partition coefficient (Wildman–Crippen LogP) is 2.63. The third kappa shape index (κ3) is 6.31. The monoisotopic (exact) mass is 398 g/mol. The van der Waals surface area contributed by atoms with Crippen LogP contribution in [-0.4, -0.2) is 28.9 Å². The second-order valence-electron chi connectivity index (χ2n) is 6.66. The summed E-state index contributed by atoms with van der Waals surface area (Å²) < 4.78 is 0.859. The highest BCUT2D eigenvalue weighted by Gasteiger charge is 2.27. The topological polar surface area (TPSA) is 95.5 Å². The number of nitrogens with one attached hydrogen (secondary N) is 2. The Labute approximate surface area is 150 Å². The summed E-state index contributed by atoms with van der Waals surface area (Å²) in [5, 5.41) is 14.4. The lowest BCUT2D eigenvalue weighted by atomic mass is 9.95. The van der Waals surface area contributed by atoms with Crippen LogP contribution in [0.3, 0.4) is 0 Å². The molecular weight excluding hydrogens is 376 g/mol. The summed E-state index contributed by atoms with van der Waals surface area (Å²) in [6.45, 7) is 6.82. The molecule has 1 aromatic carbocycles. The van der Waals surface area contributed by atoms with Gasteiger partial charge < -0.3 is 15.7 Å². The number of carboxylic acids is 1. The van der Waals surface area contributed by atoms with Gasteiger partial charge >= 0.3 is 5.97 Å². The third-order valence-electron chi connectivity index (χ3n) is 3.39. The first-order valence-electron chi connectivity index (χ1n) is 7.59. The van der Waals surface area contributed by atoms with Crippen molar-refractivity contribution in [2.75, 3.05) is 0 Å². The van der Waals surface area contributed by atoms with Gasteiger partial charge in [-0.1, -0.05) is 48.8 Å². The Hall–Kier alpha value is -1.89. The van der Waals surface area contributed by atoms with E-state index in [1.54, 1.807) is 52.0 Å². The Morgan fingerprint density at radius 3 is 2.12 bits per heavy atom. The summed E-state index contributed by atoms with van der Waals surface area (Å²) in [4.78, 5) is 35.3. The Morgan fingerprint density at radius 2 is 1.67 bits per heavy atom. The van der Waals surface area contributed by atoms with Crippen LogP contribution in [0.1, 0.15) is 45.7 Å². The van der Waals surface area contributed by atoms with Gasteiger partial charge in [0.2, 0.25) is 11.8 Å². The highest BCUT2D eigenvalue weighted by atomic mass is 79.9. The molecule has 0 aromatic heterocycles. The van der Waals surface area contributed by atoms with Crippen LogP contribution in [0.5, 0.6) is 0 Å². The van der Waals surface area contributed by atoms with E-state index < -0.39 is 29.4 Å². The van der Waals surface area contributed by atoms with Crippen LogP contribution < -0.4 is 10.6 Å². The maximum atomic E-state index is 12.3. The normalized spacial score (nSPS) is 13.7. The van der Waals surface area contributed by atoms with Crippen LogP contribution in [0.25, 0.3) is 0 Å². The number of benzene rings is 1. The van der Waals surface area contributed by atoms with Gasteiger partial charge in [0, 0.05) is 9.89 Å². The molecule has 0 heterocycles. The van der Waals surface area contributed by atoms with Gasteiger partial charge in [-0.15, -0.1) is 0 Å². The maximum Gasteiger partial charge on any atom is 0.305 e. The van der Waals surface area contributed by atoms with E-state index in [0.29, 0.717) is 5.56 Å². The van der Waals surface area contributed by atoms with Crippen molar-refractivity contribution in [2.24, 2.45) is 5.41 Å². The second kappa shape index (κ2) is 8.28. The number of halogens is 1. The van der Waals surface area contributed by atoms with Crippen molar-refractivity contribution in [1.82, 2.24) is 10.6 Å². The number of aliphatic carboxylic acids is 1. The zero-order valence-electron chi connectivity index (χ0n) is 14.2. The summed E-state index contributed by atoms with van der Waals surface area (Å²) in [5.41, 5.74) is 0.0732. The molecule has 0 aliphatic carbocycles. The van der Waals surface area contributed by atoms with Crippen LogP contribution >= 0.6 is 15.9 Å². The molecule has 24 heavy (non-hydrogen) atoms. The molecule has 0 bridgehead atoms. The van der Waals surface area contributed by atoms with Crippen LogP contribution in [0.15, 0.2) is 28.7 Å². The molecule has 1 rings (SSSR count). The Bertz CT molecular complexity index is 608. The fourth-order valence-electron chi connectivity index (χ4n) is 1.90. The van der Waals surface area contributed by atoms with Crippen molar-refractivity contribution in [3.63, 3.8) is 0 Å². The fraction of sp³-hybridized carbons (Fsp3) is 0.471. The third-order valence-corrected chi connectivity index (χ3v) is 3.92. The van der Waals surface area contributed by atoms with Gasteiger partial charge in [0.25, 0.3) is 0 Å². The quantitative estimate of drug-likeness (QED) is 0.685. The average molecular weight is 399 g/mol. The average Bonchev–Trinajstić information content (AvgIpc) is 2.45. The van der Waals surface area contributed by atoms with Gasteiger partial charge in [-0.25, -0.2) is 0 Å². The summed E-state index contributed by atoms with van der Waals surface area (Å²) in [7, 11) is 0. The number of rotatable bonds is 6. The minimum atomic E-state index is -1.02. The molecule has 2 amide bonds. The van der Waals surface area contributed by atoms with E-state index in [0.717, 1.165) is 4.47 Å². The highest BCUT2D eigenvalue weighted by molar-refractivity contribution is 9.10. The molecule has 3 N–H and O–H groups in total. The standard InChI is InChI=1S/C17H23BrN2O4/c1-10(19-16(24)17(2,3)4)15(23)20-13(9-14(21)22)11-5-7-12(18)8-6-11/h5-8,10,13H,9H2,1-4H3,(H,19,24)(H,20,23)(H,21,22). The molecule has 0 aliphatic rings. The smallest absolute Gasteiger partial charge is 0.305 e. The van der Waals surface area contributed by atoms with E-state index in [9.17, 15) is 14.4 Å². The molecule has 1 aromatic rings. The molecular formula is C17H23BrN2O4. The Kier molecular flexibility index (Phi) is 6.95. The van der Waals surface area contributed by atoms with Gasteiger partial charge in [0.15, 0.2) is 0 Å². The zero-order chi connectivity index (χ0) is 18.5. The van der Waals surface area contributed by atoms with E-state index >= 15 is 0 Å². The summed E-state index contributed by atoms with van der Waals surface area (Å²) in [6, 6.07) is 5.62. The first kappa shape index (κ1) is 20.2. The van der Waals surface area contributed by atoms with Crippen LogP contribution in [0.2, 0.25) is 0 Å². The molecule has 0 saturated heterocycles. The molecule has 0 spiro atoms.